The summed E-state index contributed by atoms with van der Waals surface area (Å²) < 4.78 is 0. The topological polar surface area (TPSA) is 80.9 Å². The average molecular weight is 212 g/mol. The van der Waals surface area contributed by atoms with E-state index in [9.17, 15) is 4.79 Å². The molecule has 3 N–H and O–H groups in total. The van der Waals surface area contributed by atoms with Crippen LogP contribution in [0, 0.1) is 5.92 Å². The molecule has 1 unspecified atom stereocenters. The first-order valence-electron chi connectivity index (χ1n) is 4.47. The highest BCUT2D eigenvalue weighted by molar-refractivity contribution is 7.13. The standard InChI is InChI=1S/C8H12N4OS/c1-8(9,5-2-3-5)6(13)11-7-12-10-4-14-7/h4-5H,2-3,9H2,1H3,(H,11,12,13). The third-order valence-electron chi connectivity index (χ3n) is 2.50. The molecule has 0 spiro atoms. The fourth-order valence-corrected chi connectivity index (χ4v) is 1.77. The Morgan fingerprint density at radius 1 is 1.79 bits per heavy atom. The van der Waals surface area contributed by atoms with Crippen molar-refractivity contribution < 1.29 is 4.79 Å². The summed E-state index contributed by atoms with van der Waals surface area (Å²) in [5.74, 6) is 0.146. The van der Waals surface area contributed by atoms with Gasteiger partial charge in [-0.15, -0.1) is 10.2 Å². The Morgan fingerprint density at radius 2 is 2.50 bits per heavy atom. The van der Waals surface area contributed by atoms with E-state index < -0.39 is 5.54 Å². The van der Waals surface area contributed by atoms with Gasteiger partial charge in [0.05, 0.1) is 5.54 Å². The van der Waals surface area contributed by atoms with E-state index in [1.54, 1.807) is 12.4 Å². The lowest BCUT2D eigenvalue weighted by atomic mass is 9.96. The van der Waals surface area contributed by atoms with E-state index in [2.05, 4.69) is 15.5 Å². The second kappa shape index (κ2) is 3.29. The Hall–Kier alpha value is -1.01. The summed E-state index contributed by atoms with van der Waals surface area (Å²) in [6.07, 6.45) is 2.08. The van der Waals surface area contributed by atoms with Gasteiger partial charge in [-0.2, -0.15) is 0 Å². The molecule has 1 heterocycles. The molecule has 2 rings (SSSR count). The number of hydrogen-bond donors (Lipinski definition) is 2. The van der Waals surface area contributed by atoms with Gasteiger partial charge >= 0.3 is 0 Å². The van der Waals surface area contributed by atoms with Gasteiger partial charge in [0.25, 0.3) is 0 Å². The highest BCUT2D eigenvalue weighted by atomic mass is 32.1. The smallest absolute Gasteiger partial charge is 0.246 e. The van der Waals surface area contributed by atoms with Crippen molar-refractivity contribution in [3.8, 4) is 0 Å². The number of amides is 1. The van der Waals surface area contributed by atoms with Crippen LogP contribution in [0.2, 0.25) is 0 Å². The number of nitrogens with zero attached hydrogens (tertiary/aromatic N) is 2. The predicted octanol–water partition coefficient (Wildman–Crippen LogP) is 0.604. The summed E-state index contributed by atoms with van der Waals surface area (Å²) in [6, 6.07) is 0. The molecule has 1 fully saturated rings. The van der Waals surface area contributed by atoms with Gasteiger partial charge in [0, 0.05) is 0 Å². The molecular weight excluding hydrogens is 200 g/mol. The molecule has 0 saturated heterocycles. The summed E-state index contributed by atoms with van der Waals surface area (Å²) in [5.41, 5.74) is 6.72. The van der Waals surface area contributed by atoms with Crippen LogP contribution in [0.25, 0.3) is 0 Å². The summed E-state index contributed by atoms with van der Waals surface area (Å²) in [4.78, 5) is 11.7. The Bertz CT molecular complexity index is 331. The monoisotopic (exact) mass is 212 g/mol. The first-order valence-corrected chi connectivity index (χ1v) is 5.35. The molecule has 14 heavy (non-hydrogen) atoms. The molecule has 1 aromatic heterocycles. The third-order valence-corrected chi connectivity index (χ3v) is 3.10. The second-order valence-electron chi connectivity index (χ2n) is 3.75. The Kier molecular flexibility index (Phi) is 2.24. The first kappa shape index (κ1) is 9.54. The summed E-state index contributed by atoms with van der Waals surface area (Å²) in [5, 5.41) is 10.5. The van der Waals surface area contributed by atoms with Crippen LogP contribution >= 0.6 is 11.3 Å². The molecule has 6 heteroatoms. The summed E-state index contributed by atoms with van der Waals surface area (Å²) >= 11 is 1.29. The van der Waals surface area contributed by atoms with Crippen molar-refractivity contribution in [1.29, 1.82) is 0 Å². The van der Waals surface area contributed by atoms with Crippen molar-refractivity contribution in [2.45, 2.75) is 25.3 Å². The lowest BCUT2D eigenvalue weighted by molar-refractivity contribution is -0.121. The summed E-state index contributed by atoms with van der Waals surface area (Å²) in [7, 11) is 0. The van der Waals surface area contributed by atoms with E-state index in [0.29, 0.717) is 11.0 Å². The van der Waals surface area contributed by atoms with Crippen LogP contribution in [0.4, 0.5) is 5.13 Å². The minimum atomic E-state index is -0.772. The zero-order valence-corrected chi connectivity index (χ0v) is 8.67. The van der Waals surface area contributed by atoms with Gasteiger partial charge in [0.1, 0.15) is 5.51 Å². The molecule has 0 aromatic carbocycles. The number of rotatable bonds is 3. The lowest BCUT2D eigenvalue weighted by Crippen LogP contribution is -2.50. The predicted molar refractivity (Wildman–Crippen MR) is 53.9 cm³/mol. The number of aromatic nitrogens is 2. The molecule has 5 nitrogen and oxygen atoms in total. The van der Waals surface area contributed by atoms with Crippen molar-refractivity contribution in [2.75, 3.05) is 5.32 Å². The Labute approximate surface area is 85.7 Å². The number of hydrogen-bond acceptors (Lipinski definition) is 5. The van der Waals surface area contributed by atoms with Crippen molar-refractivity contribution in [2.24, 2.45) is 11.7 Å². The van der Waals surface area contributed by atoms with Gasteiger partial charge in [-0.3, -0.25) is 10.1 Å². The van der Waals surface area contributed by atoms with Gasteiger partial charge in [-0.05, 0) is 25.7 Å². The molecule has 0 bridgehead atoms. The van der Waals surface area contributed by atoms with Crippen LogP contribution in [0.15, 0.2) is 5.51 Å². The van der Waals surface area contributed by atoms with Gasteiger partial charge in [-0.1, -0.05) is 11.3 Å². The van der Waals surface area contributed by atoms with Crippen molar-refractivity contribution >= 4 is 22.4 Å². The highest BCUT2D eigenvalue weighted by Gasteiger charge is 2.44. The molecule has 1 saturated carbocycles. The number of carbonyl (C=O) groups excluding carboxylic acids is 1. The second-order valence-corrected chi connectivity index (χ2v) is 4.59. The molecule has 1 aliphatic carbocycles. The van der Waals surface area contributed by atoms with Crippen LogP contribution in [0.3, 0.4) is 0 Å². The maximum atomic E-state index is 11.7. The Morgan fingerprint density at radius 3 is 3.00 bits per heavy atom. The normalized spacial score (nSPS) is 20.1. The van der Waals surface area contributed by atoms with E-state index in [-0.39, 0.29) is 5.91 Å². The fraction of sp³-hybridized carbons (Fsp3) is 0.625. The molecule has 1 aromatic rings. The number of anilines is 1. The first-order chi connectivity index (χ1) is 6.60. The van der Waals surface area contributed by atoms with Crippen LogP contribution in [0.5, 0.6) is 0 Å². The number of nitrogens with one attached hydrogen (secondary N) is 1. The quantitative estimate of drug-likeness (QED) is 0.769. The highest BCUT2D eigenvalue weighted by Crippen LogP contribution is 2.38. The van der Waals surface area contributed by atoms with E-state index in [0.717, 1.165) is 12.8 Å². The molecule has 1 amide bonds. The van der Waals surface area contributed by atoms with E-state index in [4.69, 9.17) is 5.73 Å². The lowest BCUT2D eigenvalue weighted by Gasteiger charge is -2.21. The minimum Gasteiger partial charge on any atom is -0.317 e. The zero-order valence-electron chi connectivity index (χ0n) is 7.86. The largest absolute Gasteiger partial charge is 0.317 e. The molecule has 1 atom stereocenters. The van der Waals surface area contributed by atoms with Gasteiger partial charge < -0.3 is 5.73 Å². The van der Waals surface area contributed by atoms with E-state index >= 15 is 0 Å². The van der Waals surface area contributed by atoms with Crippen LogP contribution in [0.1, 0.15) is 19.8 Å². The van der Waals surface area contributed by atoms with Crippen molar-refractivity contribution in [1.82, 2.24) is 10.2 Å². The van der Waals surface area contributed by atoms with Gasteiger partial charge in [0.2, 0.25) is 11.0 Å². The molecular formula is C8H12N4OS. The number of nitrogens with two attached hydrogens (primary N) is 1. The van der Waals surface area contributed by atoms with Gasteiger partial charge in [0.15, 0.2) is 0 Å². The van der Waals surface area contributed by atoms with Gasteiger partial charge in [-0.25, -0.2) is 0 Å². The maximum absolute atomic E-state index is 11.7. The zero-order chi connectivity index (χ0) is 10.2. The van der Waals surface area contributed by atoms with Crippen LogP contribution in [-0.2, 0) is 4.79 Å². The van der Waals surface area contributed by atoms with Crippen LogP contribution in [-0.4, -0.2) is 21.6 Å². The maximum Gasteiger partial charge on any atom is 0.246 e. The molecule has 0 radical (unpaired) electrons. The van der Waals surface area contributed by atoms with Crippen molar-refractivity contribution in [3.63, 3.8) is 0 Å². The SMILES string of the molecule is CC(N)(C(=O)Nc1nncs1)C1CC1. The van der Waals surface area contributed by atoms with Crippen molar-refractivity contribution in [3.05, 3.63) is 5.51 Å². The third kappa shape index (κ3) is 1.76. The molecule has 76 valence electrons. The summed E-state index contributed by atoms with van der Waals surface area (Å²) in [6.45, 7) is 1.76. The molecule has 1 aliphatic rings. The average Bonchev–Trinajstić information content (AvgIpc) is 2.88. The number of carbonyl (C=O) groups is 1. The van der Waals surface area contributed by atoms with E-state index in [1.807, 2.05) is 0 Å². The van der Waals surface area contributed by atoms with E-state index in [1.165, 1.54) is 11.3 Å². The fourth-order valence-electron chi connectivity index (χ4n) is 1.33. The minimum absolute atomic E-state index is 0.170. The Balaban J connectivity index is 2.01. The van der Waals surface area contributed by atoms with Crippen LogP contribution < -0.4 is 11.1 Å². The molecule has 0 aliphatic heterocycles.